The third kappa shape index (κ3) is 3.69. The fourth-order valence-corrected chi connectivity index (χ4v) is 2.84. The van der Waals surface area contributed by atoms with Crippen molar-refractivity contribution in [3.63, 3.8) is 0 Å². The molecule has 5 nitrogen and oxygen atoms in total. The first-order valence-electron chi connectivity index (χ1n) is 7.28. The molecule has 0 amide bonds. The SMILES string of the molecule is CC1=C(C(=O)O)C(CC=Cc2ccccc2)C(C(=O)O)=C(C)N1. The van der Waals surface area contributed by atoms with Crippen molar-refractivity contribution < 1.29 is 19.8 Å². The molecule has 0 radical (unpaired) electrons. The van der Waals surface area contributed by atoms with Crippen molar-refractivity contribution in [2.24, 2.45) is 5.92 Å². The molecular formula is C18H19NO4. The lowest BCUT2D eigenvalue weighted by Gasteiger charge is -2.27. The van der Waals surface area contributed by atoms with Crippen molar-refractivity contribution in [3.05, 3.63) is 64.5 Å². The number of carboxylic acid groups (broad SMARTS) is 2. The number of rotatable bonds is 5. The van der Waals surface area contributed by atoms with Crippen molar-refractivity contribution in [1.82, 2.24) is 5.32 Å². The highest BCUT2D eigenvalue weighted by atomic mass is 16.4. The Bertz CT molecular complexity index is 678. The lowest BCUT2D eigenvalue weighted by atomic mass is 9.83. The molecule has 0 fully saturated rings. The smallest absolute Gasteiger partial charge is 0.333 e. The molecular weight excluding hydrogens is 294 g/mol. The number of dihydropyridines is 1. The van der Waals surface area contributed by atoms with E-state index in [4.69, 9.17) is 0 Å². The third-order valence-electron chi connectivity index (χ3n) is 3.82. The number of nitrogens with one attached hydrogen (secondary N) is 1. The van der Waals surface area contributed by atoms with Crippen molar-refractivity contribution in [2.45, 2.75) is 20.3 Å². The van der Waals surface area contributed by atoms with Crippen molar-refractivity contribution >= 4 is 18.0 Å². The van der Waals surface area contributed by atoms with Crippen LogP contribution in [-0.2, 0) is 9.59 Å². The maximum absolute atomic E-state index is 11.5. The highest BCUT2D eigenvalue weighted by Gasteiger charge is 2.34. The topological polar surface area (TPSA) is 86.6 Å². The summed E-state index contributed by atoms with van der Waals surface area (Å²) in [5.74, 6) is -2.87. The van der Waals surface area contributed by atoms with E-state index >= 15 is 0 Å². The van der Waals surface area contributed by atoms with E-state index < -0.39 is 17.9 Å². The van der Waals surface area contributed by atoms with Crippen LogP contribution >= 0.6 is 0 Å². The zero-order chi connectivity index (χ0) is 17.0. The van der Waals surface area contributed by atoms with E-state index in [1.54, 1.807) is 13.8 Å². The molecule has 0 spiro atoms. The molecule has 0 saturated heterocycles. The zero-order valence-corrected chi connectivity index (χ0v) is 13.0. The molecule has 120 valence electrons. The maximum Gasteiger partial charge on any atom is 0.333 e. The summed E-state index contributed by atoms with van der Waals surface area (Å²) in [5, 5.41) is 21.7. The molecule has 1 heterocycles. The molecule has 0 aromatic heterocycles. The van der Waals surface area contributed by atoms with E-state index in [2.05, 4.69) is 5.32 Å². The van der Waals surface area contributed by atoms with E-state index in [1.165, 1.54) is 0 Å². The van der Waals surface area contributed by atoms with Crippen LogP contribution < -0.4 is 5.32 Å². The van der Waals surface area contributed by atoms with Gasteiger partial charge in [0.25, 0.3) is 0 Å². The molecule has 3 N–H and O–H groups in total. The van der Waals surface area contributed by atoms with E-state index in [-0.39, 0.29) is 11.1 Å². The fraction of sp³-hybridized carbons (Fsp3) is 0.222. The summed E-state index contributed by atoms with van der Waals surface area (Å²) in [7, 11) is 0. The van der Waals surface area contributed by atoms with Gasteiger partial charge in [0.05, 0.1) is 11.1 Å². The maximum atomic E-state index is 11.5. The van der Waals surface area contributed by atoms with Gasteiger partial charge in [0, 0.05) is 17.3 Å². The van der Waals surface area contributed by atoms with Crippen LogP contribution in [0.25, 0.3) is 6.08 Å². The summed E-state index contributed by atoms with van der Waals surface area (Å²) in [6.07, 6.45) is 4.00. The normalized spacial score (nSPS) is 15.9. The second-order valence-corrected chi connectivity index (χ2v) is 5.41. The van der Waals surface area contributed by atoms with Gasteiger partial charge < -0.3 is 15.5 Å². The van der Waals surface area contributed by atoms with Crippen LogP contribution in [0.5, 0.6) is 0 Å². The first-order valence-corrected chi connectivity index (χ1v) is 7.28. The zero-order valence-electron chi connectivity index (χ0n) is 13.0. The molecule has 5 heteroatoms. The molecule has 0 atom stereocenters. The molecule has 0 saturated carbocycles. The van der Waals surface area contributed by atoms with Crippen molar-refractivity contribution in [2.75, 3.05) is 0 Å². The highest BCUT2D eigenvalue weighted by Crippen LogP contribution is 2.33. The van der Waals surface area contributed by atoms with E-state index in [9.17, 15) is 19.8 Å². The summed E-state index contributed by atoms with van der Waals surface area (Å²) in [4.78, 5) is 23.1. The Morgan fingerprint density at radius 1 is 1.04 bits per heavy atom. The molecule has 23 heavy (non-hydrogen) atoms. The summed E-state index contributed by atoms with van der Waals surface area (Å²) in [6.45, 7) is 3.30. The first-order chi connectivity index (χ1) is 10.9. The quantitative estimate of drug-likeness (QED) is 0.778. The number of carboxylic acids is 2. The molecule has 0 aliphatic carbocycles. The van der Waals surface area contributed by atoms with Crippen LogP contribution in [0, 0.1) is 5.92 Å². The van der Waals surface area contributed by atoms with Gasteiger partial charge in [-0.1, -0.05) is 42.5 Å². The molecule has 0 unspecified atom stereocenters. The summed E-state index contributed by atoms with van der Waals surface area (Å²) < 4.78 is 0. The second-order valence-electron chi connectivity index (χ2n) is 5.41. The fourth-order valence-electron chi connectivity index (χ4n) is 2.84. The van der Waals surface area contributed by atoms with E-state index in [1.807, 2.05) is 42.5 Å². The van der Waals surface area contributed by atoms with Gasteiger partial charge in [-0.15, -0.1) is 0 Å². The van der Waals surface area contributed by atoms with Crippen LogP contribution in [0.3, 0.4) is 0 Å². The molecule has 1 aliphatic heterocycles. The summed E-state index contributed by atoms with van der Waals surface area (Å²) >= 11 is 0. The Morgan fingerprint density at radius 3 is 2.04 bits per heavy atom. The largest absolute Gasteiger partial charge is 0.478 e. The number of carbonyl (C=O) groups is 2. The van der Waals surface area contributed by atoms with Crippen LogP contribution in [0.15, 0.2) is 58.9 Å². The minimum Gasteiger partial charge on any atom is -0.478 e. The number of aliphatic carboxylic acids is 2. The van der Waals surface area contributed by atoms with Crippen molar-refractivity contribution in [1.29, 1.82) is 0 Å². The molecule has 1 aliphatic rings. The Hall–Kier alpha value is -2.82. The Labute approximate surface area is 134 Å². The number of hydrogen-bond acceptors (Lipinski definition) is 3. The predicted molar refractivity (Wildman–Crippen MR) is 87.4 cm³/mol. The average molecular weight is 313 g/mol. The molecule has 0 bridgehead atoms. The van der Waals surface area contributed by atoms with Crippen LogP contribution in [0.2, 0.25) is 0 Å². The second kappa shape index (κ2) is 6.96. The van der Waals surface area contributed by atoms with Gasteiger partial charge in [0.2, 0.25) is 0 Å². The Morgan fingerprint density at radius 2 is 1.57 bits per heavy atom. The molecule has 2 rings (SSSR count). The van der Waals surface area contributed by atoms with E-state index in [0.717, 1.165) is 5.56 Å². The van der Waals surface area contributed by atoms with Crippen LogP contribution in [-0.4, -0.2) is 22.2 Å². The van der Waals surface area contributed by atoms with E-state index in [0.29, 0.717) is 17.8 Å². The third-order valence-corrected chi connectivity index (χ3v) is 3.82. The van der Waals surface area contributed by atoms with Gasteiger partial charge in [-0.25, -0.2) is 9.59 Å². The van der Waals surface area contributed by atoms with Gasteiger partial charge in [-0.3, -0.25) is 0 Å². The molecule has 1 aromatic rings. The number of hydrogen-bond donors (Lipinski definition) is 3. The lowest BCUT2D eigenvalue weighted by Crippen LogP contribution is -2.31. The lowest BCUT2D eigenvalue weighted by molar-refractivity contribution is -0.134. The highest BCUT2D eigenvalue weighted by molar-refractivity contribution is 5.96. The monoisotopic (exact) mass is 313 g/mol. The van der Waals surface area contributed by atoms with Gasteiger partial charge in [0.15, 0.2) is 0 Å². The predicted octanol–water partition coefficient (Wildman–Crippen LogP) is 3.03. The number of allylic oxidation sites excluding steroid dienone is 3. The average Bonchev–Trinajstić information content (AvgIpc) is 2.47. The summed E-state index contributed by atoms with van der Waals surface area (Å²) in [5.41, 5.74) is 2.16. The van der Waals surface area contributed by atoms with Crippen LogP contribution in [0.1, 0.15) is 25.8 Å². The minimum atomic E-state index is -1.10. The van der Waals surface area contributed by atoms with Crippen LogP contribution in [0.4, 0.5) is 0 Å². The van der Waals surface area contributed by atoms with Gasteiger partial charge >= 0.3 is 11.9 Å². The Kier molecular flexibility index (Phi) is 5.01. The van der Waals surface area contributed by atoms with Gasteiger partial charge in [-0.2, -0.15) is 0 Å². The molecule has 1 aromatic carbocycles. The standard InChI is InChI=1S/C18H19NO4/c1-11-15(17(20)21)14(16(18(22)23)12(2)19-11)10-6-9-13-7-4-3-5-8-13/h3-9,14,19H,10H2,1-2H3,(H,20,21)(H,22,23). The van der Waals surface area contributed by atoms with Crippen molar-refractivity contribution in [3.8, 4) is 0 Å². The summed E-state index contributed by atoms with van der Waals surface area (Å²) in [6, 6.07) is 9.58. The van der Waals surface area contributed by atoms with Gasteiger partial charge in [-0.05, 0) is 25.8 Å². The first kappa shape index (κ1) is 16.5. The Balaban J connectivity index is 2.32. The minimum absolute atomic E-state index is 0.103. The van der Waals surface area contributed by atoms with Gasteiger partial charge in [0.1, 0.15) is 0 Å². The number of benzene rings is 1.